The van der Waals surface area contributed by atoms with Gasteiger partial charge in [0.25, 0.3) is 0 Å². The van der Waals surface area contributed by atoms with E-state index in [0.29, 0.717) is 19.1 Å². The zero-order chi connectivity index (χ0) is 11.8. The van der Waals surface area contributed by atoms with Crippen LogP contribution in [-0.4, -0.2) is 37.5 Å². The minimum absolute atomic E-state index is 0.361. The summed E-state index contributed by atoms with van der Waals surface area (Å²) in [5, 5.41) is 12.9. The van der Waals surface area contributed by atoms with Gasteiger partial charge in [0.15, 0.2) is 0 Å². The molecule has 0 aliphatic heterocycles. The van der Waals surface area contributed by atoms with Gasteiger partial charge in [-0.1, -0.05) is 26.7 Å². The van der Waals surface area contributed by atoms with Crippen LogP contribution in [0.4, 0.5) is 0 Å². The Kier molecular flexibility index (Phi) is 7.01. The lowest BCUT2D eigenvalue weighted by Gasteiger charge is -2.15. The number of aliphatic hydroxyl groups excluding tert-OH is 1. The minimum Gasteiger partial charge on any atom is -0.389 e. The molecule has 1 fully saturated rings. The summed E-state index contributed by atoms with van der Waals surface area (Å²) in [5.74, 6) is 1.38. The molecule has 1 aliphatic rings. The van der Waals surface area contributed by atoms with Crippen LogP contribution in [0.1, 0.15) is 39.5 Å². The number of nitrogens with one attached hydrogen (secondary N) is 1. The van der Waals surface area contributed by atoms with Crippen LogP contribution in [0.25, 0.3) is 0 Å². The van der Waals surface area contributed by atoms with Crippen molar-refractivity contribution < 1.29 is 9.84 Å². The molecule has 0 aromatic rings. The number of rotatable bonds is 8. The van der Waals surface area contributed by atoms with Crippen LogP contribution in [0.5, 0.6) is 0 Å². The molecule has 16 heavy (non-hydrogen) atoms. The van der Waals surface area contributed by atoms with Gasteiger partial charge in [-0.3, -0.25) is 0 Å². The van der Waals surface area contributed by atoms with Gasteiger partial charge in [0.2, 0.25) is 0 Å². The first-order valence-corrected chi connectivity index (χ1v) is 6.65. The van der Waals surface area contributed by atoms with Crippen molar-refractivity contribution in [2.24, 2.45) is 11.8 Å². The van der Waals surface area contributed by atoms with Gasteiger partial charge in [-0.15, -0.1) is 0 Å². The van der Waals surface area contributed by atoms with Crippen LogP contribution in [0.3, 0.4) is 0 Å². The van der Waals surface area contributed by atoms with Crippen molar-refractivity contribution in [2.75, 3.05) is 26.3 Å². The van der Waals surface area contributed by atoms with E-state index >= 15 is 0 Å². The Labute approximate surface area is 99.6 Å². The molecule has 0 spiro atoms. The van der Waals surface area contributed by atoms with Gasteiger partial charge in [-0.05, 0) is 31.2 Å². The van der Waals surface area contributed by atoms with Gasteiger partial charge in [-0.2, -0.15) is 0 Å². The average molecular weight is 229 g/mol. The lowest BCUT2D eigenvalue weighted by molar-refractivity contribution is 0.0222. The molecule has 2 N–H and O–H groups in total. The second kappa shape index (κ2) is 8.04. The number of aliphatic hydroxyl groups is 1. The Balaban J connectivity index is 1.91. The molecule has 1 rings (SSSR count). The van der Waals surface area contributed by atoms with Crippen LogP contribution in [-0.2, 0) is 4.74 Å². The molecule has 0 heterocycles. The fourth-order valence-corrected chi connectivity index (χ4v) is 2.15. The summed E-state index contributed by atoms with van der Waals surface area (Å²) in [7, 11) is 0. The maximum absolute atomic E-state index is 9.65. The van der Waals surface area contributed by atoms with Gasteiger partial charge in [-0.25, -0.2) is 0 Å². The van der Waals surface area contributed by atoms with Crippen LogP contribution in [0.2, 0.25) is 0 Å². The van der Waals surface area contributed by atoms with E-state index in [9.17, 15) is 5.11 Å². The summed E-state index contributed by atoms with van der Waals surface area (Å²) < 4.78 is 5.55. The number of hydrogen-bond acceptors (Lipinski definition) is 3. The van der Waals surface area contributed by atoms with Gasteiger partial charge < -0.3 is 15.2 Å². The second-order valence-corrected chi connectivity index (χ2v) is 5.39. The first-order chi connectivity index (χ1) is 7.68. The van der Waals surface area contributed by atoms with E-state index in [1.54, 1.807) is 0 Å². The normalized spacial score (nSPS) is 19.5. The second-order valence-electron chi connectivity index (χ2n) is 5.39. The molecule has 0 saturated heterocycles. The van der Waals surface area contributed by atoms with Gasteiger partial charge >= 0.3 is 0 Å². The van der Waals surface area contributed by atoms with Crippen molar-refractivity contribution in [1.82, 2.24) is 5.32 Å². The molecule has 3 nitrogen and oxygen atoms in total. The van der Waals surface area contributed by atoms with Crippen molar-refractivity contribution in [3.05, 3.63) is 0 Å². The molecule has 0 bridgehead atoms. The molecule has 1 atom stereocenters. The zero-order valence-electron chi connectivity index (χ0n) is 10.7. The third kappa shape index (κ3) is 6.46. The SMILES string of the molecule is CC(C)CNCC(O)COCC1CCCC1. The molecule has 3 heteroatoms. The lowest BCUT2D eigenvalue weighted by atomic mass is 10.1. The van der Waals surface area contributed by atoms with Crippen LogP contribution < -0.4 is 5.32 Å². The number of ether oxygens (including phenoxy) is 1. The van der Waals surface area contributed by atoms with E-state index in [-0.39, 0.29) is 6.10 Å². The first kappa shape index (κ1) is 13.9. The third-order valence-electron chi connectivity index (χ3n) is 3.07. The van der Waals surface area contributed by atoms with E-state index in [4.69, 9.17) is 4.74 Å². The van der Waals surface area contributed by atoms with Crippen LogP contribution in [0.15, 0.2) is 0 Å². The highest BCUT2D eigenvalue weighted by Gasteiger charge is 2.15. The molecular weight excluding hydrogens is 202 g/mol. The highest BCUT2D eigenvalue weighted by atomic mass is 16.5. The summed E-state index contributed by atoms with van der Waals surface area (Å²) in [4.78, 5) is 0. The van der Waals surface area contributed by atoms with Crippen molar-refractivity contribution >= 4 is 0 Å². The van der Waals surface area contributed by atoms with Crippen molar-refractivity contribution in [3.63, 3.8) is 0 Å². The molecule has 1 aliphatic carbocycles. The summed E-state index contributed by atoms with van der Waals surface area (Å²) in [6, 6.07) is 0. The number of hydrogen-bond donors (Lipinski definition) is 2. The average Bonchev–Trinajstić information content (AvgIpc) is 2.70. The quantitative estimate of drug-likeness (QED) is 0.667. The predicted molar refractivity (Wildman–Crippen MR) is 66.5 cm³/mol. The minimum atomic E-state index is -0.361. The Morgan fingerprint density at radius 3 is 2.56 bits per heavy atom. The highest BCUT2D eigenvalue weighted by molar-refractivity contribution is 4.67. The Morgan fingerprint density at radius 1 is 1.25 bits per heavy atom. The summed E-state index contributed by atoms with van der Waals surface area (Å²) in [5.41, 5.74) is 0. The fourth-order valence-electron chi connectivity index (χ4n) is 2.15. The maximum atomic E-state index is 9.65. The maximum Gasteiger partial charge on any atom is 0.0897 e. The third-order valence-corrected chi connectivity index (χ3v) is 3.07. The van der Waals surface area contributed by atoms with E-state index in [1.165, 1.54) is 25.7 Å². The van der Waals surface area contributed by atoms with E-state index in [0.717, 1.165) is 19.1 Å². The Hall–Kier alpha value is -0.120. The molecule has 96 valence electrons. The Morgan fingerprint density at radius 2 is 1.94 bits per heavy atom. The van der Waals surface area contributed by atoms with Gasteiger partial charge in [0.05, 0.1) is 12.7 Å². The largest absolute Gasteiger partial charge is 0.389 e. The summed E-state index contributed by atoms with van der Waals surface area (Å²) >= 11 is 0. The summed E-state index contributed by atoms with van der Waals surface area (Å²) in [6.45, 7) is 7.23. The summed E-state index contributed by atoms with van der Waals surface area (Å²) in [6.07, 6.45) is 4.96. The zero-order valence-corrected chi connectivity index (χ0v) is 10.7. The predicted octanol–water partition coefficient (Wildman–Crippen LogP) is 1.80. The smallest absolute Gasteiger partial charge is 0.0897 e. The lowest BCUT2D eigenvalue weighted by Crippen LogP contribution is -2.32. The van der Waals surface area contributed by atoms with Crippen LogP contribution >= 0.6 is 0 Å². The van der Waals surface area contributed by atoms with E-state index in [2.05, 4.69) is 19.2 Å². The molecule has 1 unspecified atom stereocenters. The van der Waals surface area contributed by atoms with E-state index in [1.807, 2.05) is 0 Å². The Bertz CT molecular complexity index is 167. The monoisotopic (exact) mass is 229 g/mol. The molecule has 0 aromatic carbocycles. The van der Waals surface area contributed by atoms with Crippen molar-refractivity contribution in [3.8, 4) is 0 Å². The molecule has 0 radical (unpaired) electrons. The molecule has 0 amide bonds. The first-order valence-electron chi connectivity index (χ1n) is 6.65. The molecule has 0 aromatic heterocycles. The van der Waals surface area contributed by atoms with Crippen molar-refractivity contribution in [1.29, 1.82) is 0 Å². The standard InChI is InChI=1S/C13H27NO2/c1-11(2)7-14-8-13(15)10-16-9-12-5-3-4-6-12/h11-15H,3-10H2,1-2H3. The van der Waals surface area contributed by atoms with Gasteiger partial charge in [0.1, 0.15) is 0 Å². The molecular formula is C13H27NO2. The van der Waals surface area contributed by atoms with E-state index < -0.39 is 0 Å². The fraction of sp³-hybridized carbons (Fsp3) is 1.00. The van der Waals surface area contributed by atoms with Crippen LogP contribution in [0, 0.1) is 11.8 Å². The molecule has 1 saturated carbocycles. The highest BCUT2D eigenvalue weighted by Crippen LogP contribution is 2.24. The topological polar surface area (TPSA) is 41.5 Å². The van der Waals surface area contributed by atoms with Gasteiger partial charge in [0, 0.05) is 13.2 Å². The van der Waals surface area contributed by atoms with Crippen molar-refractivity contribution in [2.45, 2.75) is 45.6 Å².